The minimum absolute atomic E-state index is 0.385. The molecular formula is C17H30N2O. The normalized spacial score (nSPS) is 12.7. The number of hydrogen-bond acceptors (Lipinski definition) is 3. The second-order valence-corrected chi connectivity index (χ2v) is 5.74. The summed E-state index contributed by atoms with van der Waals surface area (Å²) in [5.74, 6) is 0.678. The number of nitrogens with one attached hydrogen (secondary N) is 1. The van der Waals surface area contributed by atoms with E-state index in [0.717, 1.165) is 26.2 Å². The van der Waals surface area contributed by atoms with E-state index in [1.54, 1.807) is 7.11 Å². The first kappa shape index (κ1) is 17.0. The lowest BCUT2D eigenvalue weighted by Crippen LogP contribution is -2.37. The van der Waals surface area contributed by atoms with Gasteiger partial charge in [0, 0.05) is 31.9 Å². The Morgan fingerprint density at radius 2 is 1.90 bits per heavy atom. The molecule has 0 aliphatic carbocycles. The van der Waals surface area contributed by atoms with Crippen LogP contribution in [0, 0.1) is 5.92 Å². The number of hydrogen-bond donors (Lipinski definition) is 1. The van der Waals surface area contributed by atoms with Gasteiger partial charge in [0.2, 0.25) is 0 Å². The van der Waals surface area contributed by atoms with Crippen molar-refractivity contribution in [3.63, 3.8) is 0 Å². The van der Waals surface area contributed by atoms with Crippen LogP contribution in [0.2, 0.25) is 0 Å². The maximum absolute atomic E-state index is 5.30. The molecular weight excluding hydrogens is 248 g/mol. The number of benzene rings is 1. The number of ether oxygens (including phenoxy) is 1. The Labute approximate surface area is 124 Å². The highest BCUT2D eigenvalue weighted by Crippen LogP contribution is 2.22. The van der Waals surface area contributed by atoms with Crippen molar-refractivity contribution < 1.29 is 4.74 Å². The van der Waals surface area contributed by atoms with Gasteiger partial charge in [0.15, 0.2) is 0 Å². The third-order valence-electron chi connectivity index (χ3n) is 3.45. The maximum Gasteiger partial charge on any atom is 0.0663 e. The number of rotatable bonds is 9. The molecule has 1 unspecified atom stereocenters. The lowest BCUT2D eigenvalue weighted by Gasteiger charge is -2.31. The average Bonchev–Trinajstić information content (AvgIpc) is 2.41. The summed E-state index contributed by atoms with van der Waals surface area (Å²) < 4.78 is 5.30. The largest absolute Gasteiger partial charge is 0.383 e. The molecule has 1 aromatic carbocycles. The Morgan fingerprint density at radius 3 is 2.50 bits per heavy atom. The first-order valence-electron chi connectivity index (χ1n) is 7.64. The van der Waals surface area contributed by atoms with Crippen molar-refractivity contribution >= 4 is 5.69 Å². The van der Waals surface area contributed by atoms with E-state index in [-0.39, 0.29) is 0 Å². The van der Waals surface area contributed by atoms with Gasteiger partial charge in [-0.3, -0.25) is 0 Å². The molecule has 0 aliphatic heterocycles. The zero-order chi connectivity index (χ0) is 15.0. The Kier molecular flexibility index (Phi) is 7.63. The molecule has 20 heavy (non-hydrogen) atoms. The molecule has 0 heterocycles. The molecule has 1 rings (SSSR count). The van der Waals surface area contributed by atoms with Gasteiger partial charge in [-0.1, -0.05) is 32.0 Å². The summed E-state index contributed by atoms with van der Waals surface area (Å²) in [6.45, 7) is 12.6. The summed E-state index contributed by atoms with van der Waals surface area (Å²) in [5, 5.41) is 3.53. The van der Waals surface area contributed by atoms with Crippen LogP contribution in [0.25, 0.3) is 0 Å². The summed E-state index contributed by atoms with van der Waals surface area (Å²) in [4.78, 5) is 2.41. The van der Waals surface area contributed by atoms with Crippen LogP contribution in [0.5, 0.6) is 0 Å². The van der Waals surface area contributed by atoms with E-state index in [4.69, 9.17) is 4.74 Å². The second kappa shape index (κ2) is 8.98. The minimum Gasteiger partial charge on any atom is -0.383 e. The Balaban J connectivity index is 2.81. The lowest BCUT2D eigenvalue weighted by atomic mass is 10.1. The van der Waals surface area contributed by atoms with Crippen LogP contribution < -0.4 is 10.2 Å². The molecule has 0 aromatic heterocycles. The molecule has 0 bridgehead atoms. The number of likely N-dealkylation sites (N-methyl/N-ethyl adjacent to an activating group) is 1. The van der Waals surface area contributed by atoms with Crippen molar-refractivity contribution in [2.75, 3.05) is 31.7 Å². The second-order valence-electron chi connectivity index (χ2n) is 5.74. The predicted octanol–water partition coefficient (Wildman–Crippen LogP) is 3.29. The van der Waals surface area contributed by atoms with E-state index in [0.29, 0.717) is 12.0 Å². The van der Waals surface area contributed by atoms with Crippen molar-refractivity contribution in [2.45, 2.75) is 40.3 Å². The summed E-state index contributed by atoms with van der Waals surface area (Å²) in [5.41, 5.74) is 2.67. The van der Waals surface area contributed by atoms with E-state index in [1.807, 2.05) is 0 Å². The van der Waals surface area contributed by atoms with Gasteiger partial charge in [0.25, 0.3) is 0 Å². The van der Waals surface area contributed by atoms with Crippen molar-refractivity contribution in [2.24, 2.45) is 5.92 Å². The number of methoxy groups -OCH3 is 1. The van der Waals surface area contributed by atoms with E-state index >= 15 is 0 Å². The highest BCUT2D eigenvalue weighted by molar-refractivity contribution is 5.54. The van der Waals surface area contributed by atoms with Crippen LogP contribution in [-0.2, 0) is 11.3 Å². The zero-order valence-corrected chi connectivity index (χ0v) is 13.6. The molecule has 0 spiro atoms. The number of para-hydroxylation sites is 1. The van der Waals surface area contributed by atoms with E-state index < -0.39 is 0 Å². The van der Waals surface area contributed by atoms with Gasteiger partial charge in [-0.15, -0.1) is 0 Å². The van der Waals surface area contributed by atoms with Crippen molar-refractivity contribution in [3.8, 4) is 0 Å². The van der Waals surface area contributed by atoms with Crippen LogP contribution in [-0.4, -0.2) is 32.8 Å². The molecule has 0 saturated heterocycles. The summed E-state index contributed by atoms with van der Waals surface area (Å²) in [6.07, 6.45) is 0. The molecule has 3 nitrogen and oxygen atoms in total. The smallest absolute Gasteiger partial charge is 0.0663 e. The first-order valence-corrected chi connectivity index (χ1v) is 7.64. The minimum atomic E-state index is 0.385. The quantitative estimate of drug-likeness (QED) is 0.750. The Hall–Kier alpha value is -1.06. The molecule has 114 valence electrons. The van der Waals surface area contributed by atoms with Crippen LogP contribution in [0.15, 0.2) is 24.3 Å². The van der Waals surface area contributed by atoms with Gasteiger partial charge in [-0.2, -0.15) is 0 Å². The van der Waals surface area contributed by atoms with E-state index in [9.17, 15) is 0 Å². The molecule has 1 aromatic rings. The molecule has 0 saturated carbocycles. The zero-order valence-electron chi connectivity index (χ0n) is 13.6. The fourth-order valence-corrected chi connectivity index (χ4v) is 2.49. The van der Waals surface area contributed by atoms with Crippen LogP contribution >= 0.6 is 0 Å². The molecule has 1 N–H and O–H groups in total. The van der Waals surface area contributed by atoms with Gasteiger partial charge < -0.3 is 15.0 Å². The molecule has 0 amide bonds. The number of anilines is 1. The summed E-state index contributed by atoms with van der Waals surface area (Å²) in [6, 6.07) is 9.04. The molecule has 3 heteroatoms. The fourth-order valence-electron chi connectivity index (χ4n) is 2.49. The SMILES string of the molecule is CCN(c1ccccc1CNCC(C)C)C(C)COC. The third-order valence-corrected chi connectivity index (χ3v) is 3.45. The van der Waals surface area contributed by atoms with Gasteiger partial charge in [-0.05, 0) is 37.9 Å². The standard InChI is InChI=1S/C17H30N2O/c1-6-19(15(4)13-20-5)17-10-8-7-9-16(17)12-18-11-14(2)3/h7-10,14-15,18H,6,11-13H2,1-5H3. The highest BCUT2D eigenvalue weighted by atomic mass is 16.5. The van der Waals surface area contributed by atoms with Crippen LogP contribution in [0.3, 0.4) is 0 Å². The van der Waals surface area contributed by atoms with Crippen molar-refractivity contribution in [1.82, 2.24) is 5.32 Å². The first-order chi connectivity index (χ1) is 9.60. The molecule has 0 fully saturated rings. The molecule has 0 radical (unpaired) electrons. The van der Waals surface area contributed by atoms with Crippen molar-refractivity contribution in [3.05, 3.63) is 29.8 Å². The van der Waals surface area contributed by atoms with Gasteiger partial charge in [0.05, 0.1) is 6.61 Å². The highest BCUT2D eigenvalue weighted by Gasteiger charge is 2.15. The van der Waals surface area contributed by atoms with E-state index in [2.05, 4.69) is 62.2 Å². The Morgan fingerprint density at radius 1 is 1.20 bits per heavy atom. The van der Waals surface area contributed by atoms with Gasteiger partial charge >= 0.3 is 0 Å². The average molecular weight is 278 g/mol. The van der Waals surface area contributed by atoms with Crippen molar-refractivity contribution in [1.29, 1.82) is 0 Å². The maximum atomic E-state index is 5.30. The van der Waals surface area contributed by atoms with Crippen LogP contribution in [0.1, 0.15) is 33.3 Å². The summed E-state index contributed by atoms with van der Waals surface area (Å²) >= 11 is 0. The molecule has 0 aliphatic rings. The fraction of sp³-hybridized carbons (Fsp3) is 0.647. The van der Waals surface area contributed by atoms with E-state index in [1.165, 1.54) is 11.3 Å². The number of nitrogens with zero attached hydrogens (tertiary/aromatic N) is 1. The molecule has 1 atom stereocenters. The lowest BCUT2D eigenvalue weighted by molar-refractivity contribution is 0.182. The monoisotopic (exact) mass is 278 g/mol. The van der Waals surface area contributed by atoms with Gasteiger partial charge in [0.1, 0.15) is 0 Å². The third kappa shape index (κ3) is 5.14. The van der Waals surface area contributed by atoms with Crippen LogP contribution in [0.4, 0.5) is 5.69 Å². The Bertz CT molecular complexity index is 379. The van der Waals surface area contributed by atoms with Gasteiger partial charge in [-0.25, -0.2) is 0 Å². The summed E-state index contributed by atoms with van der Waals surface area (Å²) in [7, 11) is 1.76. The topological polar surface area (TPSA) is 24.5 Å². The predicted molar refractivity (Wildman–Crippen MR) is 87.3 cm³/mol.